The van der Waals surface area contributed by atoms with Gasteiger partial charge in [-0.15, -0.1) is 0 Å². The molecular formula is C17H30N2O2. The number of ether oxygens (including phenoxy) is 1. The zero-order valence-electron chi connectivity index (χ0n) is 13.6. The standard InChI is InChI=1S/C17H30N2O2/c1-3-21-15-10-14(17(15)8-4-5-9-17)19(2)16(20)12-18-11-13-6-7-13/h13-15,18H,3-12H2,1-2H3. The van der Waals surface area contributed by atoms with Gasteiger partial charge in [0, 0.05) is 25.1 Å². The fourth-order valence-electron chi connectivity index (χ4n) is 4.40. The first-order valence-corrected chi connectivity index (χ1v) is 8.75. The third-order valence-electron chi connectivity index (χ3n) is 5.91. The van der Waals surface area contributed by atoms with Crippen molar-refractivity contribution in [3.05, 3.63) is 0 Å². The van der Waals surface area contributed by atoms with E-state index in [1.54, 1.807) is 0 Å². The molecule has 3 aliphatic carbocycles. The van der Waals surface area contributed by atoms with Gasteiger partial charge in [0.2, 0.25) is 5.91 Å². The Hall–Kier alpha value is -0.610. The maximum atomic E-state index is 12.4. The van der Waals surface area contributed by atoms with Gasteiger partial charge in [-0.3, -0.25) is 4.79 Å². The molecule has 1 amide bonds. The molecule has 4 nitrogen and oxygen atoms in total. The number of nitrogens with one attached hydrogen (secondary N) is 1. The Morgan fingerprint density at radius 2 is 2.05 bits per heavy atom. The van der Waals surface area contributed by atoms with Crippen LogP contribution >= 0.6 is 0 Å². The molecule has 3 aliphatic rings. The monoisotopic (exact) mass is 294 g/mol. The van der Waals surface area contributed by atoms with Crippen molar-refractivity contribution in [2.75, 3.05) is 26.7 Å². The summed E-state index contributed by atoms with van der Waals surface area (Å²) in [6.07, 6.45) is 9.12. The minimum Gasteiger partial charge on any atom is -0.378 e. The summed E-state index contributed by atoms with van der Waals surface area (Å²) >= 11 is 0. The van der Waals surface area contributed by atoms with Crippen LogP contribution < -0.4 is 5.32 Å². The third-order valence-corrected chi connectivity index (χ3v) is 5.91. The molecule has 0 saturated heterocycles. The highest BCUT2D eigenvalue weighted by atomic mass is 16.5. The van der Waals surface area contributed by atoms with Gasteiger partial charge in [0.1, 0.15) is 0 Å². The summed E-state index contributed by atoms with van der Waals surface area (Å²) in [6, 6.07) is 0.395. The van der Waals surface area contributed by atoms with E-state index in [1.807, 2.05) is 11.9 Å². The Labute approximate surface area is 128 Å². The third kappa shape index (κ3) is 2.98. The maximum absolute atomic E-state index is 12.4. The number of hydrogen-bond acceptors (Lipinski definition) is 3. The Balaban J connectivity index is 1.53. The molecule has 1 spiro atoms. The van der Waals surface area contributed by atoms with Crippen molar-refractivity contribution in [2.24, 2.45) is 11.3 Å². The predicted molar refractivity (Wildman–Crippen MR) is 83.1 cm³/mol. The van der Waals surface area contributed by atoms with Crippen LogP contribution in [-0.4, -0.2) is 49.7 Å². The molecule has 2 atom stereocenters. The molecule has 21 heavy (non-hydrogen) atoms. The predicted octanol–water partition coefficient (Wildman–Crippen LogP) is 2.18. The van der Waals surface area contributed by atoms with Crippen LogP contribution in [0.1, 0.15) is 51.9 Å². The van der Waals surface area contributed by atoms with Crippen molar-refractivity contribution in [3.8, 4) is 0 Å². The molecule has 3 fully saturated rings. The van der Waals surface area contributed by atoms with Gasteiger partial charge in [-0.25, -0.2) is 0 Å². The molecule has 3 rings (SSSR count). The van der Waals surface area contributed by atoms with Crippen LogP contribution in [0, 0.1) is 11.3 Å². The minimum atomic E-state index is 0.252. The summed E-state index contributed by atoms with van der Waals surface area (Å²) in [5, 5.41) is 3.32. The first kappa shape index (κ1) is 15.3. The molecule has 0 bridgehead atoms. The second-order valence-corrected chi connectivity index (χ2v) is 7.21. The van der Waals surface area contributed by atoms with Crippen LogP contribution in [0.15, 0.2) is 0 Å². The van der Waals surface area contributed by atoms with Crippen LogP contribution in [0.3, 0.4) is 0 Å². The van der Waals surface area contributed by atoms with Gasteiger partial charge in [0.15, 0.2) is 0 Å². The molecule has 0 aromatic carbocycles. The number of likely N-dealkylation sites (N-methyl/N-ethyl adjacent to an activating group) is 1. The Kier molecular flexibility index (Phi) is 4.55. The van der Waals surface area contributed by atoms with E-state index in [-0.39, 0.29) is 11.3 Å². The maximum Gasteiger partial charge on any atom is 0.236 e. The second-order valence-electron chi connectivity index (χ2n) is 7.21. The van der Waals surface area contributed by atoms with Crippen molar-refractivity contribution < 1.29 is 9.53 Å². The van der Waals surface area contributed by atoms with Gasteiger partial charge in [-0.05, 0) is 51.5 Å². The molecule has 0 radical (unpaired) electrons. The number of nitrogens with zero attached hydrogens (tertiary/aromatic N) is 1. The molecular weight excluding hydrogens is 264 g/mol. The molecule has 1 N–H and O–H groups in total. The summed E-state index contributed by atoms with van der Waals surface area (Å²) in [4.78, 5) is 14.4. The van der Waals surface area contributed by atoms with Gasteiger partial charge < -0.3 is 15.0 Å². The summed E-state index contributed by atoms with van der Waals surface area (Å²) in [5.74, 6) is 1.08. The van der Waals surface area contributed by atoms with E-state index in [0.717, 1.165) is 25.5 Å². The Morgan fingerprint density at radius 3 is 2.67 bits per heavy atom. The SMILES string of the molecule is CCOC1CC(N(C)C(=O)CNCC2CC2)C12CCCC2. The quantitative estimate of drug-likeness (QED) is 0.782. The minimum absolute atomic E-state index is 0.252. The van der Waals surface area contributed by atoms with Gasteiger partial charge in [0.05, 0.1) is 12.6 Å². The fourth-order valence-corrected chi connectivity index (χ4v) is 4.40. The highest BCUT2D eigenvalue weighted by molar-refractivity contribution is 5.78. The van der Waals surface area contributed by atoms with Crippen molar-refractivity contribution in [3.63, 3.8) is 0 Å². The average Bonchev–Trinajstić information content (AvgIpc) is 3.14. The van der Waals surface area contributed by atoms with Crippen molar-refractivity contribution in [2.45, 2.75) is 64.0 Å². The van der Waals surface area contributed by atoms with E-state index in [2.05, 4.69) is 12.2 Å². The summed E-state index contributed by atoms with van der Waals surface area (Å²) < 4.78 is 5.94. The van der Waals surface area contributed by atoms with E-state index >= 15 is 0 Å². The lowest BCUT2D eigenvalue weighted by molar-refractivity contribution is -0.171. The number of amides is 1. The second kappa shape index (κ2) is 6.25. The summed E-state index contributed by atoms with van der Waals surface area (Å²) in [6.45, 7) is 4.38. The lowest BCUT2D eigenvalue weighted by Crippen LogP contribution is -2.64. The van der Waals surface area contributed by atoms with E-state index in [1.165, 1.54) is 38.5 Å². The first-order valence-electron chi connectivity index (χ1n) is 8.75. The average molecular weight is 294 g/mol. The van der Waals surface area contributed by atoms with Crippen LogP contribution in [0.4, 0.5) is 0 Å². The van der Waals surface area contributed by atoms with Crippen LogP contribution in [-0.2, 0) is 9.53 Å². The molecule has 0 aromatic heterocycles. The lowest BCUT2D eigenvalue weighted by atomic mass is 9.60. The molecule has 2 unspecified atom stereocenters. The fraction of sp³-hybridized carbons (Fsp3) is 0.941. The zero-order chi connectivity index (χ0) is 14.9. The number of carbonyl (C=O) groups is 1. The summed E-state index contributed by atoms with van der Waals surface area (Å²) in [5.41, 5.74) is 0.261. The normalized spacial score (nSPS) is 30.4. The van der Waals surface area contributed by atoms with Crippen LogP contribution in [0.2, 0.25) is 0 Å². The van der Waals surface area contributed by atoms with Crippen LogP contribution in [0.25, 0.3) is 0 Å². The smallest absolute Gasteiger partial charge is 0.236 e. The van der Waals surface area contributed by atoms with Gasteiger partial charge in [0.25, 0.3) is 0 Å². The Bertz CT molecular complexity index is 375. The lowest BCUT2D eigenvalue weighted by Gasteiger charge is -2.57. The zero-order valence-corrected chi connectivity index (χ0v) is 13.6. The number of rotatable bonds is 7. The number of carbonyl (C=O) groups excluding carboxylic acids is 1. The largest absolute Gasteiger partial charge is 0.378 e. The molecule has 3 saturated carbocycles. The van der Waals surface area contributed by atoms with E-state index in [9.17, 15) is 4.79 Å². The highest BCUT2D eigenvalue weighted by Crippen LogP contribution is 2.56. The van der Waals surface area contributed by atoms with Gasteiger partial charge >= 0.3 is 0 Å². The van der Waals surface area contributed by atoms with Crippen molar-refractivity contribution in [1.82, 2.24) is 10.2 Å². The summed E-state index contributed by atoms with van der Waals surface area (Å²) in [7, 11) is 1.99. The Morgan fingerprint density at radius 1 is 1.33 bits per heavy atom. The first-order chi connectivity index (χ1) is 10.2. The number of hydrogen-bond donors (Lipinski definition) is 1. The van der Waals surface area contributed by atoms with E-state index in [0.29, 0.717) is 18.7 Å². The molecule has 120 valence electrons. The molecule has 0 aliphatic heterocycles. The molecule has 4 heteroatoms. The highest BCUT2D eigenvalue weighted by Gasteiger charge is 2.58. The van der Waals surface area contributed by atoms with Gasteiger partial charge in [-0.2, -0.15) is 0 Å². The van der Waals surface area contributed by atoms with Crippen molar-refractivity contribution in [1.29, 1.82) is 0 Å². The van der Waals surface area contributed by atoms with Crippen molar-refractivity contribution >= 4 is 5.91 Å². The van der Waals surface area contributed by atoms with Crippen LogP contribution in [0.5, 0.6) is 0 Å². The molecule has 0 aromatic rings. The van der Waals surface area contributed by atoms with E-state index in [4.69, 9.17) is 4.74 Å². The van der Waals surface area contributed by atoms with Gasteiger partial charge in [-0.1, -0.05) is 12.8 Å². The topological polar surface area (TPSA) is 41.6 Å². The van der Waals surface area contributed by atoms with E-state index < -0.39 is 0 Å². The molecule has 0 heterocycles.